The SMILES string of the molecule is CCSC1(C(=O)OC)CC(OC(C)=O)C(NC(C)=O)C([C@H](OC(C)=O)[C@@H](COC(C)=O)OC(C)=O)S1. The number of esters is 5. The van der Waals surface area contributed by atoms with Crippen molar-refractivity contribution in [3.8, 4) is 0 Å². The molecule has 0 aromatic heterocycles. The molecule has 204 valence electrons. The zero-order valence-corrected chi connectivity index (χ0v) is 22.9. The second kappa shape index (κ2) is 14.3. The van der Waals surface area contributed by atoms with Crippen LogP contribution in [-0.4, -0.2) is 88.9 Å². The monoisotopic (exact) mass is 551 g/mol. The molecule has 6 atom stereocenters. The van der Waals surface area contributed by atoms with Gasteiger partial charge in [0.1, 0.15) is 12.7 Å². The Morgan fingerprint density at radius 2 is 1.58 bits per heavy atom. The Morgan fingerprint density at radius 3 is 2.03 bits per heavy atom. The van der Waals surface area contributed by atoms with Gasteiger partial charge < -0.3 is 29.0 Å². The van der Waals surface area contributed by atoms with E-state index < -0.39 is 76.0 Å². The lowest BCUT2D eigenvalue weighted by Crippen LogP contribution is -2.64. The fourth-order valence-electron chi connectivity index (χ4n) is 3.78. The number of hydrogen-bond donors (Lipinski definition) is 1. The molecule has 1 N–H and O–H groups in total. The molecule has 1 heterocycles. The number of rotatable bonds is 11. The molecule has 0 radical (unpaired) electrons. The highest BCUT2D eigenvalue weighted by Crippen LogP contribution is 2.52. The normalized spacial score (nSPS) is 24.9. The number of methoxy groups -OCH3 is 1. The average molecular weight is 552 g/mol. The van der Waals surface area contributed by atoms with Crippen molar-refractivity contribution in [3.05, 3.63) is 0 Å². The molecule has 1 saturated heterocycles. The van der Waals surface area contributed by atoms with Crippen molar-refractivity contribution in [2.45, 2.75) is 81.6 Å². The minimum atomic E-state index is -1.33. The van der Waals surface area contributed by atoms with E-state index in [4.69, 9.17) is 23.7 Å². The lowest BCUT2D eigenvalue weighted by atomic mass is 9.94. The maximum absolute atomic E-state index is 13.0. The average Bonchev–Trinajstić information content (AvgIpc) is 2.75. The predicted octanol–water partition coefficient (Wildman–Crippen LogP) is 0.977. The van der Waals surface area contributed by atoms with Gasteiger partial charge in [0, 0.05) is 41.0 Å². The van der Waals surface area contributed by atoms with Crippen LogP contribution in [0.25, 0.3) is 0 Å². The van der Waals surface area contributed by atoms with Crippen LogP contribution in [0.5, 0.6) is 0 Å². The Kier molecular flexibility index (Phi) is 12.5. The van der Waals surface area contributed by atoms with Crippen LogP contribution in [-0.2, 0) is 52.5 Å². The van der Waals surface area contributed by atoms with Gasteiger partial charge in [0.15, 0.2) is 16.3 Å². The minimum absolute atomic E-state index is 0.0289. The third-order valence-corrected chi connectivity index (χ3v) is 8.15. The van der Waals surface area contributed by atoms with Crippen molar-refractivity contribution in [3.63, 3.8) is 0 Å². The molecule has 0 saturated carbocycles. The van der Waals surface area contributed by atoms with Gasteiger partial charge in [0.25, 0.3) is 0 Å². The highest BCUT2D eigenvalue weighted by molar-refractivity contribution is 8.19. The molecule has 36 heavy (non-hydrogen) atoms. The number of ether oxygens (including phenoxy) is 5. The number of amides is 1. The molecule has 0 aromatic carbocycles. The van der Waals surface area contributed by atoms with E-state index in [-0.39, 0.29) is 6.42 Å². The molecule has 0 aromatic rings. The molecule has 1 amide bonds. The summed E-state index contributed by atoms with van der Waals surface area (Å²) in [5.41, 5.74) is 0. The Hall–Kier alpha value is -2.48. The van der Waals surface area contributed by atoms with Gasteiger partial charge in [-0.2, -0.15) is 0 Å². The maximum atomic E-state index is 13.0. The lowest BCUT2D eigenvalue weighted by Gasteiger charge is -2.48. The minimum Gasteiger partial charge on any atom is -0.467 e. The summed E-state index contributed by atoms with van der Waals surface area (Å²) in [5.74, 6) is -3.50. The first-order valence-corrected chi connectivity index (χ1v) is 12.9. The van der Waals surface area contributed by atoms with Gasteiger partial charge in [0.05, 0.1) is 18.4 Å². The smallest absolute Gasteiger partial charge is 0.332 e. The van der Waals surface area contributed by atoms with E-state index >= 15 is 0 Å². The zero-order chi connectivity index (χ0) is 27.6. The third kappa shape index (κ3) is 9.19. The molecular weight excluding hydrogens is 518 g/mol. The second-order valence-electron chi connectivity index (χ2n) is 7.86. The number of hydrogen-bond acceptors (Lipinski definition) is 13. The van der Waals surface area contributed by atoms with Gasteiger partial charge in [-0.1, -0.05) is 6.92 Å². The molecule has 0 aliphatic carbocycles. The van der Waals surface area contributed by atoms with Crippen LogP contribution >= 0.6 is 23.5 Å². The van der Waals surface area contributed by atoms with Crippen LogP contribution in [0.15, 0.2) is 0 Å². The Labute approximate surface area is 218 Å². The quantitative estimate of drug-likeness (QED) is 0.286. The predicted molar refractivity (Wildman–Crippen MR) is 130 cm³/mol. The number of thioether (sulfide) groups is 2. The Balaban J connectivity index is 3.76. The van der Waals surface area contributed by atoms with Gasteiger partial charge >= 0.3 is 29.8 Å². The summed E-state index contributed by atoms with van der Waals surface area (Å²) >= 11 is 2.25. The number of carbonyl (C=O) groups excluding carboxylic acids is 6. The van der Waals surface area contributed by atoms with Crippen molar-refractivity contribution in [1.82, 2.24) is 5.32 Å². The van der Waals surface area contributed by atoms with Crippen molar-refractivity contribution in [1.29, 1.82) is 0 Å². The molecular formula is C22H33NO11S2. The van der Waals surface area contributed by atoms with Crippen LogP contribution in [0.4, 0.5) is 0 Å². The molecule has 1 rings (SSSR count). The van der Waals surface area contributed by atoms with E-state index in [9.17, 15) is 28.8 Å². The van der Waals surface area contributed by atoms with Crippen molar-refractivity contribution in [2.24, 2.45) is 0 Å². The van der Waals surface area contributed by atoms with Crippen LogP contribution in [0, 0.1) is 0 Å². The van der Waals surface area contributed by atoms with E-state index in [1.807, 2.05) is 6.92 Å². The van der Waals surface area contributed by atoms with E-state index in [0.29, 0.717) is 5.75 Å². The summed E-state index contributed by atoms with van der Waals surface area (Å²) < 4.78 is 25.2. The van der Waals surface area contributed by atoms with Crippen molar-refractivity contribution < 1.29 is 52.5 Å². The van der Waals surface area contributed by atoms with Crippen molar-refractivity contribution in [2.75, 3.05) is 19.5 Å². The summed E-state index contributed by atoms with van der Waals surface area (Å²) in [4.78, 5) is 72.7. The largest absolute Gasteiger partial charge is 0.467 e. The van der Waals surface area contributed by atoms with Crippen LogP contribution < -0.4 is 5.32 Å². The van der Waals surface area contributed by atoms with Crippen LogP contribution in [0.3, 0.4) is 0 Å². The van der Waals surface area contributed by atoms with Crippen LogP contribution in [0.1, 0.15) is 48.0 Å². The van der Waals surface area contributed by atoms with Crippen LogP contribution in [0.2, 0.25) is 0 Å². The highest BCUT2D eigenvalue weighted by Gasteiger charge is 2.57. The number of nitrogens with one attached hydrogen (secondary N) is 1. The fraction of sp³-hybridized carbons (Fsp3) is 0.727. The Bertz CT molecular complexity index is 852. The van der Waals surface area contributed by atoms with Crippen molar-refractivity contribution >= 4 is 59.3 Å². The molecule has 14 heteroatoms. The van der Waals surface area contributed by atoms with E-state index in [0.717, 1.165) is 32.5 Å². The maximum Gasteiger partial charge on any atom is 0.332 e. The summed E-state index contributed by atoms with van der Waals surface area (Å²) in [5, 5.41) is 1.71. The molecule has 12 nitrogen and oxygen atoms in total. The molecule has 4 unspecified atom stereocenters. The molecule has 0 spiro atoms. The van der Waals surface area contributed by atoms with Gasteiger partial charge in [-0.25, -0.2) is 4.79 Å². The second-order valence-corrected chi connectivity index (χ2v) is 11.2. The third-order valence-electron chi connectivity index (χ3n) is 4.87. The van der Waals surface area contributed by atoms with Gasteiger partial charge in [-0.05, 0) is 5.75 Å². The Morgan fingerprint density at radius 1 is 0.972 bits per heavy atom. The highest BCUT2D eigenvalue weighted by atomic mass is 32.2. The number of carbonyl (C=O) groups is 6. The molecule has 1 fully saturated rings. The first-order valence-electron chi connectivity index (χ1n) is 11.1. The zero-order valence-electron chi connectivity index (χ0n) is 21.3. The van der Waals surface area contributed by atoms with Gasteiger partial charge in [-0.3, -0.25) is 24.0 Å². The van der Waals surface area contributed by atoms with E-state index in [1.54, 1.807) is 0 Å². The standard InChI is InChI=1S/C22H33NO11S2/c1-8-35-22(21(29)30-7)9-16(32-13(4)26)18(23-11(2)24)20(36-22)19(34-15(6)28)17(33-14(5)27)10-31-12(3)25/h16-20H,8-10H2,1-7H3,(H,23,24)/t16?,17-,18?,19-,20?,22?/m1/s1. The first-order chi connectivity index (χ1) is 16.8. The summed E-state index contributed by atoms with van der Waals surface area (Å²) in [7, 11) is 1.21. The van der Waals surface area contributed by atoms with Gasteiger partial charge in [0.2, 0.25) is 5.91 Å². The van der Waals surface area contributed by atoms with E-state index in [2.05, 4.69) is 5.32 Å². The lowest BCUT2D eigenvalue weighted by molar-refractivity contribution is -0.175. The topological polar surface area (TPSA) is 161 Å². The molecule has 0 bridgehead atoms. The molecule has 1 aliphatic rings. The summed E-state index contributed by atoms with van der Waals surface area (Å²) in [6, 6.07) is -0.980. The summed E-state index contributed by atoms with van der Waals surface area (Å²) in [6.45, 7) is 7.18. The van der Waals surface area contributed by atoms with E-state index in [1.165, 1.54) is 32.7 Å². The van der Waals surface area contributed by atoms with Gasteiger partial charge in [-0.15, -0.1) is 23.5 Å². The summed E-state index contributed by atoms with van der Waals surface area (Å²) in [6.07, 6.45) is -3.70. The molecule has 1 aliphatic heterocycles. The fourth-order valence-corrected chi connectivity index (χ4v) is 7.32. The first kappa shape index (κ1) is 31.5.